The summed E-state index contributed by atoms with van der Waals surface area (Å²) in [4.78, 5) is 19.2. The minimum atomic E-state index is -0.282. The van der Waals surface area contributed by atoms with Gasteiger partial charge < -0.3 is 14.4 Å². The van der Waals surface area contributed by atoms with Crippen molar-refractivity contribution in [1.29, 1.82) is 0 Å². The first kappa shape index (κ1) is 19.9. The predicted octanol–water partition coefficient (Wildman–Crippen LogP) is 3.05. The summed E-state index contributed by atoms with van der Waals surface area (Å²) in [6.45, 7) is 4.93. The van der Waals surface area contributed by atoms with Gasteiger partial charge in [0.15, 0.2) is 10.9 Å². The molecule has 10 heteroatoms. The molecule has 0 unspecified atom stereocenters. The monoisotopic (exact) mass is 431 g/mol. The number of nitrogens with zero attached hydrogens (tertiary/aromatic N) is 4. The molecule has 8 nitrogen and oxygen atoms in total. The zero-order valence-electron chi connectivity index (χ0n) is 16.0. The Morgan fingerprint density at radius 1 is 1.28 bits per heavy atom. The number of fused-ring (bicyclic) bond motifs is 1. The number of benzene rings is 1. The molecule has 1 N–H and O–H groups in total. The number of carbonyl (C=O) groups is 1. The van der Waals surface area contributed by atoms with E-state index < -0.39 is 0 Å². The number of aromatic nitrogens is 3. The molecule has 0 saturated carbocycles. The van der Waals surface area contributed by atoms with Gasteiger partial charge in [-0.15, -0.1) is 10.2 Å². The van der Waals surface area contributed by atoms with Crippen LogP contribution >= 0.6 is 23.1 Å². The summed E-state index contributed by atoms with van der Waals surface area (Å²) in [5.41, 5.74) is 0.738. The van der Waals surface area contributed by atoms with Gasteiger partial charge >= 0.3 is 0 Å². The predicted molar refractivity (Wildman–Crippen MR) is 115 cm³/mol. The fraction of sp³-hybridized carbons (Fsp3) is 0.368. The van der Waals surface area contributed by atoms with Gasteiger partial charge in [0.05, 0.1) is 13.2 Å². The summed E-state index contributed by atoms with van der Waals surface area (Å²) in [6, 6.07) is 9.73. The number of amides is 1. The average Bonchev–Trinajstić information content (AvgIpc) is 3.19. The van der Waals surface area contributed by atoms with E-state index in [1.165, 1.54) is 11.3 Å². The van der Waals surface area contributed by atoms with Crippen LogP contribution in [0.4, 0.5) is 10.9 Å². The summed E-state index contributed by atoms with van der Waals surface area (Å²) in [5.74, 6) is 2.09. The maximum absolute atomic E-state index is 12.3. The van der Waals surface area contributed by atoms with Crippen LogP contribution in [-0.2, 0) is 9.53 Å². The van der Waals surface area contributed by atoms with E-state index in [4.69, 9.17) is 14.5 Å². The molecule has 152 valence electrons. The molecule has 1 saturated heterocycles. The van der Waals surface area contributed by atoms with Gasteiger partial charge in [-0.25, -0.2) is 4.98 Å². The lowest BCUT2D eigenvalue weighted by Crippen LogP contribution is -2.36. The molecule has 1 amide bonds. The Morgan fingerprint density at radius 3 is 2.97 bits per heavy atom. The van der Waals surface area contributed by atoms with E-state index in [2.05, 4.69) is 20.4 Å². The van der Waals surface area contributed by atoms with Gasteiger partial charge in [0.2, 0.25) is 5.13 Å². The molecule has 29 heavy (non-hydrogen) atoms. The van der Waals surface area contributed by atoms with Crippen LogP contribution in [0.3, 0.4) is 0 Å². The normalized spacial score (nSPS) is 14.2. The highest BCUT2D eigenvalue weighted by molar-refractivity contribution is 8.01. The number of morpholine rings is 1. The van der Waals surface area contributed by atoms with Crippen molar-refractivity contribution in [2.24, 2.45) is 0 Å². The van der Waals surface area contributed by atoms with Gasteiger partial charge in [-0.3, -0.25) is 10.1 Å². The van der Waals surface area contributed by atoms with E-state index in [-0.39, 0.29) is 12.5 Å². The number of hydrogen-bond donors (Lipinski definition) is 1. The molecule has 3 aromatic rings. The largest absolute Gasteiger partial charge is 0.481 e. The third kappa shape index (κ3) is 4.95. The molecule has 1 aromatic carbocycles. The molecule has 0 bridgehead atoms. The topological polar surface area (TPSA) is 89.5 Å². The van der Waals surface area contributed by atoms with Crippen LogP contribution in [0.25, 0.3) is 10.9 Å². The van der Waals surface area contributed by atoms with Crippen LogP contribution in [0.5, 0.6) is 5.75 Å². The molecular formula is C19H21N5O3S2. The maximum Gasteiger partial charge on any atom is 0.264 e. The van der Waals surface area contributed by atoms with Crippen molar-refractivity contribution in [2.45, 2.75) is 11.3 Å². The molecule has 1 aliphatic rings. The lowest BCUT2D eigenvalue weighted by atomic mass is 10.2. The summed E-state index contributed by atoms with van der Waals surface area (Å²) < 4.78 is 12.0. The van der Waals surface area contributed by atoms with E-state index in [9.17, 15) is 4.79 Å². The first-order valence-corrected chi connectivity index (χ1v) is 11.1. The van der Waals surface area contributed by atoms with Crippen LogP contribution in [0.15, 0.2) is 34.7 Å². The summed E-state index contributed by atoms with van der Waals surface area (Å²) in [5, 5.41) is 12.2. The van der Waals surface area contributed by atoms with Gasteiger partial charge in [0, 0.05) is 18.5 Å². The van der Waals surface area contributed by atoms with Crippen molar-refractivity contribution in [3.05, 3.63) is 30.3 Å². The minimum Gasteiger partial charge on any atom is -0.481 e. The Bertz CT molecular complexity index is 991. The number of rotatable bonds is 7. The van der Waals surface area contributed by atoms with Gasteiger partial charge in [0.1, 0.15) is 17.1 Å². The van der Waals surface area contributed by atoms with Crippen LogP contribution in [0.1, 0.15) is 6.92 Å². The lowest BCUT2D eigenvalue weighted by Gasteiger charge is -2.28. The first-order valence-electron chi connectivity index (χ1n) is 9.34. The molecule has 3 heterocycles. The van der Waals surface area contributed by atoms with Crippen molar-refractivity contribution in [1.82, 2.24) is 15.2 Å². The van der Waals surface area contributed by atoms with Crippen molar-refractivity contribution in [2.75, 3.05) is 48.9 Å². The van der Waals surface area contributed by atoms with E-state index in [0.29, 0.717) is 24.1 Å². The SMILES string of the molecule is CCSc1nnc(NC(=O)COc2cccc3ccc(N4CCOCC4)nc23)s1. The van der Waals surface area contributed by atoms with Crippen LogP contribution < -0.4 is 15.0 Å². The Kier molecular flexibility index (Phi) is 6.43. The van der Waals surface area contributed by atoms with E-state index in [1.807, 2.05) is 37.3 Å². The molecule has 1 fully saturated rings. The Balaban J connectivity index is 1.44. The van der Waals surface area contributed by atoms with Crippen LogP contribution in [-0.4, -0.2) is 59.8 Å². The van der Waals surface area contributed by atoms with E-state index in [1.54, 1.807) is 11.8 Å². The molecule has 2 aromatic heterocycles. The number of hydrogen-bond acceptors (Lipinski definition) is 9. The molecule has 0 spiro atoms. The van der Waals surface area contributed by atoms with E-state index in [0.717, 1.165) is 39.9 Å². The number of anilines is 2. The number of pyridine rings is 1. The number of ether oxygens (including phenoxy) is 2. The number of nitrogens with one attached hydrogen (secondary N) is 1. The first-order chi connectivity index (χ1) is 14.2. The average molecular weight is 432 g/mol. The van der Waals surface area contributed by atoms with Crippen LogP contribution in [0, 0.1) is 0 Å². The zero-order chi connectivity index (χ0) is 20.1. The fourth-order valence-electron chi connectivity index (χ4n) is 2.94. The molecule has 0 atom stereocenters. The summed E-state index contributed by atoms with van der Waals surface area (Å²) in [6.07, 6.45) is 0. The highest BCUT2D eigenvalue weighted by Gasteiger charge is 2.15. The molecule has 0 radical (unpaired) electrons. The number of para-hydroxylation sites is 1. The smallest absolute Gasteiger partial charge is 0.264 e. The molecule has 4 rings (SSSR count). The van der Waals surface area contributed by atoms with E-state index >= 15 is 0 Å². The standard InChI is InChI=1S/C19H21N5O3S2/c1-2-28-19-23-22-18(29-19)21-16(25)12-27-14-5-3-4-13-6-7-15(20-17(13)14)24-8-10-26-11-9-24/h3-7H,2,8-12H2,1H3,(H,21,22,25). The quantitative estimate of drug-likeness (QED) is 0.451. The Morgan fingerprint density at radius 2 is 2.14 bits per heavy atom. The van der Waals surface area contributed by atoms with Gasteiger partial charge in [-0.1, -0.05) is 42.2 Å². The Labute approximate surface area is 176 Å². The van der Waals surface area contributed by atoms with Crippen LogP contribution in [0.2, 0.25) is 0 Å². The van der Waals surface area contributed by atoms with Gasteiger partial charge in [-0.05, 0) is 24.0 Å². The van der Waals surface area contributed by atoms with Gasteiger partial charge in [0.25, 0.3) is 5.91 Å². The van der Waals surface area contributed by atoms with Crippen molar-refractivity contribution < 1.29 is 14.3 Å². The van der Waals surface area contributed by atoms with Gasteiger partial charge in [-0.2, -0.15) is 0 Å². The second-order valence-corrected chi connectivity index (χ2v) is 8.73. The highest BCUT2D eigenvalue weighted by atomic mass is 32.2. The van der Waals surface area contributed by atoms with Crippen molar-refractivity contribution in [3.8, 4) is 5.75 Å². The second-order valence-electron chi connectivity index (χ2n) is 6.24. The third-order valence-corrected chi connectivity index (χ3v) is 6.14. The molecular weight excluding hydrogens is 410 g/mol. The maximum atomic E-state index is 12.3. The molecule has 1 aliphatic heterocycles. The Hall–Kier alpha value is -2.43. The summed E-state index contributed by atoms with van der Waals surface area (Å²) >= 11 is 2.94. The van der Waals surface area contributed by atoms with Crippen molar-refractivity contribution in [3.63, 3.8) is 0 Å². The number of thioether (sulfide) groups is 1. The highest BCUT2D eigenvalue weighted by Crippen LogP contribution is 2.27. The van der Waals surface area contributed by atoms with Crippen molar-refractivity contribution >= 4 is 50.9 Å². The zero-order valence-corrected chi connectivity index (χ0v) is 17.6. The minimum absolute atomic E-state index is 0.127. The fourth-order valence-corrected chi connectivity index (χ4v) is 4.60. The lowest BCUT2D eigenvalue weighted by molar-refractivity contribution is -0.118. The number of carbonyl (C=O) groups excluding carboxylic acids is 1. The summed E-state index contributed by atoms with van der Waals surface area (Å²) in [7, 11) is 0. The third-order valence-electron chi connectivity index (χ3n) is 4.28. The second kappa shape index (κ2) is 9.38. The molecule has 0 aliphatic carbocycles.